The molecule has 2 aromatic carbocycles. The predicted octanol–water partition coefficient (Wildman–Crippen LogP) is -1.44. The highest BCUT2D eigenvalue weighted by Gasteiger charge is 2.21. The van der Waals surface area contributed by atoms with Crippen LogP contribution in [0.4, 0.5) is 23.0 Å². The van der Waals surface area contributed by atoms with Gasteiger partial charge in [-0.25, -0.2) is 8.42 Å². The number of hydrogen-bond acceptors (Lipinski definition) is 11. The molecule has 2 rings (SSSR count). The maximum absolute atomic E-state index is 10.7. The third-order valence-electron chi connectivity index (χ3n) is 2.26. The second-order valence-corrected chi connectivity index (χ2v) is 10.3. The quantitative estimate of drug-likeness (QED) is 0.125. The van der Waals surface area contributed by atoms with Crippen LogP contribution in [0.2, 0.25) is 0 Å². The molecular formula is C12H10F3IN2O13S3. The lowest BCUT2D eigenvalue weighted by Gasteiger charge is -1.91. The monoisotopic (exact) mass is 670 g/mol. The van der Waals surface area contributed by atoms with Gasteiger partial charge in [0.15, 0.2) is 0 Å². The van der Waals surface area contributed by atoms with Gasteiger partial charge in [0.05, 0.1) is 22.0 Å². The van der Waals surface area contributed by atoms with Crippen molar-refractivity contribution in [2.75, 3.05) is 0 Å². The van der Waals surface area contributed by atoms with Crippen LogP contribution in [0.15, 0.2) is 48.5 Å². The highest BCUT2D eigenvalue weighted by Crippen LogP contribution is 2.09. The molecular weight excluding hydrogens is 660 g/mol. The summed E-state index contributed by atoms with van der Waals surface area (Å²) in [6, 6.07) is 12.8. The third-order valence-corrected chi connectivity index (χ3v) is 4.84. The Bertz CT molecular complexity index is 1150. The number of non-ortho nitro benzene ring substituents is 2. The molecule has 0 bridgehead atoms. The number of nitro benzene ring substituents is 2. The van der Waals surface area contributed by atoms with Gasteiger partial charge in [-0.15, -0.1) is 3.89 Å². The zero-order valence-electron chi connectivity index (χ0n) is 15.6. The standard InChI is InChI=1S/C12H8IN2O4.3FHO3S/c16-14(17)11-5-1-3-9(7-11)13-10-4-2-6-12(8-10)15(18)19;3*1-5(2,3)4/h1-8H;3*(H,2,3,4)/q+1;;;/p-1. The van der Waals surface area contributed by atoms with Crippen LogP contribution in [0.3, 0.4) is 0 Å². The average Bonchev–Trinajstić information content (AvgIpc) is 2.58. The van der Waals surface area contributed by atoms with E-state index in [1.807, 2.05) is 0 Å². The molecule has 0 aliphatic carbocycles. The minimum Gasteiger partial charge on any atom is -0.722 e. The van der Waals surface area contributed by atoms with Gasteiger partial charge >= 0.3 is 42.2 Å². The SMILES string of the molecule is O=S(=O)(O)F.O=S(=O)(O)F.O=S(=O)([O-])F.O=[N+]([O-])c1cccc([I+]c2cccc([N+](=O)[O-])c2)c1. The molecule has 0 aliphatic rings. The molecule has 0 radical (unpaired) electrons. The van der Waals surface area contributed by atoms with Crippen LogP contribution in [0, 0.1) is 27.4 Å². The van der Waals surface area contributed by atoms with Crippen LogP contribution in [0.25, 0.3) is 0 Å². The van der Waals surface area contributed by atoms with E-state index in [1.165, 1.54) is 24.3 Å². The van der Waals surface area contributed by atoms with E-state index < -0.39 is 62.6 Å². The zero-order valence-corrected chi connectivity index (χ0v) is 20.2. The topological polar surface area (TPSA) is 252 Å². The van der Waals surface area contributed by atoms with Crippen LogP contribution < -0.4 is 21.2 Å². The molecule has 0 heterocycles. The highest BCUT2D eigenvalue weighted by atomic mass is 127. The largest absolute Gasteiger partial charge is 0.722 e. The molecule has 0 atom stereocenters. The van der Waals surface area contributed by atoms with Crippen molar-refractivity contribution >= 4 is 42.9 Å². The average molecular weight is 670 g/mol. The van der Waals surface area contributed by atoms with Crippen LogP contribution >= 0.6 is 0 Å². The van der Waals surface area contributed by atoms with Crippen molar-refractivity contribution in [3.63, 3.8) is 0 Å². The summed E-state index contributed by atoms with van der Waals surface area (Å²) in [6.07, 6.45) is 0. The Labute approximate surface area is 199 Å². The normalized spacial score (nSPS) is 10.8. The first-order chi connectivity index (χ1) is 15.1. The Morgan fingerprint density at radius 3 is 1.15 bits per heavy atom. The molecule has 0 saturated carbocycles. The van der Waals surface area contributed by atoms with Crippen LogP contribution in [0.5, 0.6) is 0 Å². The number of rotatable bonds is 4. The second-order valence-electron chi connectivity index (χ2n) is 4.79. The summed E-state index contributed by atoms with van der Waals surface area (Å²) in [5, 5.41) is 21.4. The van der Waals surface area contributed by atoms with E-state index >= 15 is 0 Å². The van der Waals surface area contributed by atoms with Gasteiger partial charge < -0.3 is 4.55 Å². The molecule has 34 heavy (non-hydrogen) atoms. The molecule has 0 amide bonds. The van der Waals surface area contributed by atoms with Crippen molar-refractivity contribution < 1.29 is 81.6 Å². The van der Waals surface area contributed by atoms with E-state index in [-0.39, 0.29) is 11.4 Å². The van der Waals surface area contributed by atoms with Crippen LogP contribution in [-0.4, -0.2) is 48.8 Å². The van der Waals surface area contributed by atoms with E-state index in [9.17, 15) is 31.9 Å². The molecule has 0 aliphatic heterocycles. The van der Waals surface area contributed by atoms with Crippen molar-refractivity contribution in [3.8, 4) is 0 Å². The van der Waals surface area contributed by atoms with Gasteiger partial charge in [0, 0.05) is 12.1 Å². The molecule has 2 aromatic rings. The molecule has 0 aromatic heterocycles. The van der Waals surface area contributed by atoms with Crippen molar-refractivity contribution in [3.05, 3.63) is 75.9 Å². The van der Waals surface area contributed by atoms with Gasteiger partial charge in [-0.2, -0.15) is 16.8 Å². The molecule has 0 saturated heterocycles. The Morgan fingerprint density at radius 1 is 0.706 bits per heavy atom. The molecule has 192 valence electrons. The van der Waals surface area contributed by atoms with Crippen LogP contribution in [-0.2, 0) is 31.5 Å². The number of hydrogen-bond donors (Lipinski definition) is 2. The Balaban J connectivity index is 0. The highest BCUT2D eigenvalue weighted by molar-refractivity contribution is 7.80. The first-order valence-corrected chi connectivity index (χ1v) is 13.3. The summed E-state index contributed by atoms with van der Waals surface area (Å²) in [5.74, 6) is 0. The summed E-state index contributed by atoms with van der Waals surface area (Å²) >= 11 is -0.665. The summed E-state index contributed by atoms with van der Waals surface area (Å²) in [4.78, 5) is 20.5. The van der Waals surface area contributed by atoms with E-state index in [2.05, 4.69) is 0 Å². The first-order valence-electron chi connectivity index (χ1n) is 7.19. The number of nitrogens with zero attached hydrogens (tertiary/aromatic N) is 2. The van der Waals surface area contributed by atoms with Crippen molar-refractivity contribution in [2.45, 2.75) is 0 Å². The van der Waals surface area contributed by atoms with Gasteiger partial charge in [-0.05, 0) is 12.1 Å². The molecule has 15 nitrogen and oxygen atoms in total. The zero-order chi connectivity index (χ0) is 27.3. The third kappa shape index (κ3) is 27.5. The smallest absolute Gasteiger partial charge is 0.435 e. The Hall–Kier alpha value is -2.51. The molecule has 2 N–H and O–H groups in total. The summed E-state index contributed by atoms with van der Waals surface area (Å²) in [6.45, 7) is 0. The first kappa shape index (κ1) is 33.7. The van der Waals surface area contributed by atoms with Gasteiger partial charge in [0.2, 0.25) is 7.14 Å². The van der Waals surface area contributed by atoms with E-state index in [0.29, 0.717) is 0 Å². The van der Waals surface area contributed by atoms with Gasteiger partial charge in [-0.3, -0.25) is 29.3 Å². The molecule has 0 unspecified atom stereocenters. The van der Waals surface area contributed by atoms with E-state index in [4.69, 9.17) is 38.9 Å². The van der Waals surface area contributed by atoms with E-state index in [0.717, 1.165) is 7.14 Å². The number of halogens is 4. The predicted molar refractivity (Wildman–Crippen MR) is 99.7 cm³/mol. The fraction of sp³-hybridized carbons (Fsp3) is 0. The minimum atomic E-state index is -5.42. The number of benzene rings is 2. The maximum atomic E-state index is 10.7. The van der Waals surface area contributed by atoms with Crippen molar-refractivity contribution in [2.24, 2.45) is 0 Å². The lowest BCUT2D eigenvalue weighted by molar-refractivity contribution is -0.598. The Morgan fingerprint density at radius 2 is 0.941 bits per heavy atom. The van der Waals surface area contributed by atoms with Gasteiger partial charge in [-0.1, -0.05) is 19.9 Å². The maximum Gasteiger partial charge on any atom is 0.435 e. The Kier molecular flexibility index (Phi) is 14.5. The molecule has 0 fully saturated rings. The lowest BCUT2D eigenvalue weighted by Crippen LogP contribution is -3.61. The summed E-state index contributed by atoms with van der Waals surface area (Å²) in [7, 11) is -15.7. The fourth-order valence-electron chi connectivity index (χ4n) is 1.42. The molecule has 22 heteroatoms. The summed E-state index contributed by atoms with van der Waals surface area (Å²) < 4.78 is 105. The van der Waals surface area contributed by atoms with Crippen molar-refractivity contribution in [1.29, 1.82) is 0 Å². The van der Waals surface area contributed by atoms with Crippen molar-refractivity contribution in [1.82, 2.24) is 0 Å². The molecule has 0 spiro atoms. The van der Waals surface area contributed by atoms with E-state index in [1.54, 1.807) is 24.3 Å². The van der Waals surface area contributed by atoms with Gasteiger partial charge in [0.25, 0.3) is 21.9 Å². The lowest BCUT2D eigenvalue weighted by atomic mass is 10.3. The summed E-state index contributed by atoms with van der Waals surface area (Å²) in [5.41, 5.74) is 0.0882. The van der Waals surface area contributed by atoms with Gasteiger partial charge in [0.1, 0.15) is 0 Å². The minimum absolute atomic E-state index is 0.0441. The second kappa shape index (κ2) is 14.7. The number of nitro groups is 2. The fourth-order valence-corrected chi connectivity index (χ4v) is 3.87. The van der Waals surface area contributed by atoms with Crippen LogP contribution in [0.1, 0.15) is 0 Å².